The van der Waals surface area contributed by atoms with E-state index in [9.17, 15) is 9.59 Å². The van der Waals surface area contributed by atoms with Crippen LogP contribution in [0.15, 0.2) is 48.5 Å². The molecule has 0 saturated carbocycles. The number of carbonyl (C=O) groups is 2. The Labute approximate surface area is 178 Å². The summed E-state index contributed by atoms with van der Waals surface area (Å²) in [6.45, 7) is 3.40. The molecule has 0 atom stereocenters. The lowest BCUT2D eigenvalue weighted by molar-refractivity contribution is -0.121. The first kappa shape index (κ1) is 20.3. The highest BCUT2D eigenvalue weighted by Gasteiger charge is 2.19. The summed E-state index contributed by atoms with van der Waals surface area (Å²) in [5, 5.41) is 5.85. The number of rotatable bonds is 7. The van der Waals surface area contributed by atoms with E-state index in [0.717, 1.165) is 50.1 Å². The van der Waals surface area contributed by atoms with Gasteiger partial charge >= 0.3 is 0 Å². The maximum Gasteiger partial charge on any atom is 0.239 e. The first-order valence-electron chi connectivity index (χ1n) is 10.9. The fraction of sp³-hybridized carbons (Fsp3) is 0.417. The zero-order chi connectivity index (χ0) is 20.8. The number of para-hydroxylation sites is 2. The van der Waals surface area contributed by atoms with Gasteiger partial charge in [0, 0.05) is 37.6 Å². The minimum absolute atomic E-state index is 0.00842. The first-order chi connectivity index (χ1) is 14.7. The van der Waals surface area contributed by atoms with Crippen molar-refractivity contribution in [3.8, 4) is 0 Å². The molecule has 0 fully saturated rings. The van der Waals surface area contributed by atoms with Crippen LogP contribution in [0.4, 0.5) is 11.4 Å². The number of amides is 2. The molecule has 2 amide bonds. The number of anilines is 2. The number of hydrogen-bond donors (Lipinski definition) is 2. The third-order valence-electron chi connectivity index (χ3n) is 5.85. The molecule has 2 N–H and O–H groups in total. The topological polar surface area (TPSA) is 64.7 Å². The van der Waals surface area contributed by atoms with E-state index < -0.39 is 0 Å². The zero-order valence-corrected chi connectivity index (χ0v) is 17.4. The molecule has 0 bridgehead atoms. The van der Waals surface area contributed by atoms with E-state index in [1.54, 1.807) is 0 Å². The van der Waals surface area contributed by atoms with Crippen molar-refractivity contribution < 1.29 is 9.59 Å². The van der Waals surface area contributed by atoms with Crippen molar-refractivity contribution in [3.63, 3.8) is 0 Å². The summed E-state index contributed by atoms with van der Waals surface area (Å²) < 4.78 is 0. The van der Waals surface area contributed by atoms with Crippen LogP contribution in [0.5, 0.6) is 0 Å². The molecule has 0 radical (unpaired) electrons. The van der Waals surface area contributed by atoms with Crippen LogP contribution < -0.4 is 20.4 Å². The maximum absolute atomic E-state index is 12.3. The number of fused-ring (bicyclic) bond motifs is 2. The molecule has 2 aromatic rings. The Morgan fingerprint density at radius 3 is 1.60 bits per heavy atom. The third-order valence-corrected chi connectivity index (χ3v) is 5.85. The Morgan fingerprint density at radius 2 is 1.13 bits per heavy atom. The number of carbonyl (C=O) groups excluding carboxylic acids is 2. The number of nitrogens with zero attached hydrogens (tertiary/aromatic N) is 2. The molecule has 6 heteroatoms. The number of benzene rings is 2. The first-order valence-corrected chi connectivity index (χ1v) is 10.9. The smallest absolute Gasteiger partial charge is 0.239 e. The monoisotopic (exact) mass is 406 g/mol. The Kier molecular flexibility index (Phi) is 6.52. The van der Waals surface area contributed by atoms with Gasteiger partial charge in [0.25, 0.3) is 0 Å². The molecular weight excluding hydrogens is 376 g/mol. The second-order valence-corrected chi connectivity index (χ2v) is 8.01. The lowest BCUT2D eigenvalue weighted by atomic mass is 10.0. The quantitative estimate of drug-likeness (QED) is 0.692. The molecule has 0 unspecified atom stereocenters. The van der Waals surface area contributed by atoms with Crippen molar-refractivity contribution in [2.75, 3.05) is 49.1 Å². The normalized spacial score (nSPS) is 15.2. The number of aryl methyl sites for hydroxylation is 2. The van der Waals surface area contributed by atoms with E-state index in [2.05, 4.69) is 44.7 Å². The second kappa shape index (κ2) is 9.65. The predicted octanol–water partition coefficient (Wildman–Crippen LogP) is 2.12. The Balaban J connectivity index is 1.18. The van der Waals surface area contributed by atoms with Gasteiger partial charge in [-0.3, -0.25) is 9.59 Å². The van der Waals surface area contributed by atoms with Crippen molar-refractivity contribution in [2.45, 2.75) is 25.7 Å². The molecule has 0 spiro atoms. The zero-order valence-electron chi connectivity index (χ0n) is 17.4. The van der Waals surface area contributed by atoms with Crippen LogP contribution in [0.2, 0.25) is 0 Å². The lowest BCUT2D eigenvalue weighted by Crippen LogP contribution is -2.44. The fourth-order valence-corrected chi connectivity index (χ4v) is 4.41. The summed E-state index contributed by atoms with van der Waals surface area (Å²) in [6, 6.07) is 16.6. The van der Waals surface area contributed by atoms with E-state index in [4.69, 9.17) is 0 Å². The van der Waals surface area contributed by atoms with E-state index in [1.165, 1.54) is 11.1 Å². The van der Waals surface area contributed by atoms with Crippen molar-refractivity contribution in [1.82, 2.24) is 10.6 Å². The molecule has 2 aliphatic rings. The van der Waals surface area contributed by atoms with Crippen LogP contribution in [0.25, 0.3) is 0 Å². The highest BCUT2D eigenvalue weighted by Crippen LogP contribution is 2.27. The molecule has 30 heavy (non-hydrogen) atoms. The molecule has 2 aliphatic heterocycles. The summed E-state index contributed by atoms with van der Waals surface area (Å²) >= 11 is 0. The van der Waals surface area contributed by atoms with E-state index in [0.29, 0.717) is 26.2 Å². The largest absolute Gasteiger partial charge is 0.362 e. The molecule has 0 aliphatic carbocycles. The highest BCUT2D eigenvalue weighted by atomic mass is 16.2. The standard InChI is InChI=1S/C24H30N4O2/c29-23(17-27-15-5-9-19-7-1-3-11-21(19)27)25-13-14-26-24(30)18-28-16-6-10-20-8-2-4-12-22(20)28/h1-4,7-8,11-12H,5-6,9-10,13-18H2,(H,25,29)(H,26,30). The van der Waals surface area contributed by atoms with Crippen LogP contribution in [0.3, 0.4) is 0 Å². The van der Waals surface area contributed by atoms with Crippen LogP contribution in [-0.2, 0) is 22.4 Å². The molecule has 2 heterocycles. The van der Waals surface area contributed by atoms with Gasteiger partial charge in [-0.1, -0.05) is 36.4 Å². The molecule has 0 aromatic heterocycles. The van der Waals surface area contributed by atoms with Gasteiger partial charge in [0.05, 0.1) is 13.1 Å². The van der Waals surface area contributed by atoms with Gasteiger partial charge in [-0.05, 0) is 48.9 Å². The second-order valence-electron chi connectivity index (χ2n) is 8.01. The predicted molar refractivity (Wildman–Crippen MR) is 120 cm³/mol. The van der Waals surface area contributed by atoms with Crippen LogP contribution in [-0.4, -0.2) is 51.1 Å². The van der Waals surface area contributed by atoms with Crippen molar-refractivity contribution in [3.05, 3.63) is 59.7 Å². The molecule has 6 nitrogen and oxygen atoms in total. The Morgan fingerprint density at radius 1 is 0.700 bits per heavy atom. The maximum atomic E-state index is 12.3. The highest BCUT2D eigenvalue weighted by molar-refractivity contribution is 5.83. The fourth-order valence-electron chi connectivity index (χ4n) is 4.41. The van der Waals surface area contributed by atoms with Gasteiger partial charge in [0.1, 0.15) is 0 Å². The summed E-state index contributed by atoms with van der Waals surface area (Å²) in [4.78, 5) is 29.0. The molecule has 4 rings (SSSR count). The average Bonchev–Trinajstić information content (AvgIpc) is 2.77. The molecule has 158 valence electrons. The van der Waals surface area contributed by atoms with Gasteiger partial charge in [0.15, 0.2) is 0 Å². The number of hydrogen-bond acceptors (Lipinski definition) is 4. The SMILES string of the molecule is O=C(CN1CCCc2ccccc21)NCCNC(=O)CN1CCCc2ccccc21. The average molecular weight is 407 g/mol. The summed E-state index contributed by atoms with van der Waals surface area (Å²) in [7, 11) is 0. The van der Waals surface area contributed by atoms with Crippen molar-refractivity contribution in [1.29, 1.82) is 0 Å². The minimum Gasteiger partial charge on any atom is -0.362 e. The number of nitrogens with one attached hydrogen (secondary N) is 2. The third kappa shape index (κ3) is 4.93. The minimum atomic E-state index is -0.00842. The van der Waals surface area contributed by atoms with Crippen molar-refractivity contribution in [2.24, 2.45) is 0 Å². The lowest BCUT2D eigenvalue weighted by Gasteiger charge is -2.31. The van der Waals surface area contributed by atoms with Gasteiger partial charge in [-0.25, -0.2) is 0 Å². The van der Waals surface area contributed by atoms with Gasteiger partial charge < -0.3 is 20.4 Å². The molecule has 0 saturated heterocycles. The van der Waals surface area contributed by atoms with Gasteiger partial charge in [0.2, 0.25) is 11.8 Å². The van der Waals surface area contributed by atoms with Gasteiger partial charge in [-0.15, -0.1) is 0 Å². The van der Waals surface area contributed by atoms with E-state index in [1.807, 2.05) is 24.3 Å². The van der Waals surface area contributed by atoms with Crippen LogP contribution >= 0.6 is 0 Å². The molecule has 2 aromatic carbocycles. The molecular formula is C24H30N4O2. The Bertz CT molecular complexity index is 825. The summed E-state index contributed by atoms with van der Waals surface area (Å²) in [6.07, 6.45) is 4.28. The summed E-state index contributed by atoms with van der Waals surface area (Å²) in [5.74, 6) is -0.0168. The van der Waals surface area contributed by atoms with Crippen LogP contribution in [0.1, 0.15) is 24.0 Å². The van der Waals surface area contributed by atoms with Crippen molar-refractivity contribution >= 4 is 23.2 Å². The van der Waals surface area contributed by atoms with E-state index in [-0.39, 0.29) is 11.8 Å². The summed E-state index contributed by atoms with van der Waals surface area (Å²) in [5.41, 5.74) is 4.94. The van der Waals surface area contributed by atoms with Crippen LogP contribution in [0, 0.1) is 0 Å². The van der Waals surface area contributed by atoms with Gasteiger partial charge in [-0.2, -0.15) is 0 Å². The van der Waals surface area contributed by atoms with E-state index >= 15 is 0 Å². The Hall–Kier alpha value is -3.02.